The van der Waals surface area contributed by atoms with Crippen molar-refractivity contribution in [1.82, 2.24) is 0 Å². The summed E-state index contributed by atoms with van der Waals surface area (Å²) in [6.07, 6.45) is 0. The molecule has 2 nitrogen and oxygen atoms in total. The van der Waals surface area contributed by atoms with Gasteiger partial charge in [0.1, 0.15) is 12.4 Å². The first-order valence-corrected chi connectivity index (χ1v) is 5.01. The lowest BCUT2D eigenvalue weighted by atomic mass is 10.1. The lowest BCUT2D eigenvalue weighted by Gasteiger charge is -2.06. The molecule has 2 aromatic rings. The highest BCUT2D eigenvalue weighted by atomic mass is 16.5. The predicted molar refractivity (Wildman–Crippen MR) is 61.3 cm³/mol. The molecule has 15 heavy (non-hydrogen) atoms. The van der Waals surface area contributed by atoms with Crippen molar-refractivity contribution in [2.45, 2.75) is 0 Å². The lowest BCUT2D eigenvalue weighted by molar-refractivity contribution is 0.146. The van der Waals surface area contributed by atoms with Gasteiger partial charge in [-0.2, -0.15) is 0 Å². The molecule has 0 saturated carbocycles. The van der Waals surface area contributed by atoms with Crippen molar-refractivity contribution in [3.63, 3.8) is 0 Å². The summed E-state index contributed by atoms with van der Waals surface area (Å²) in [5.41, 5.74) is 0. The Morgan fingerprint density at radius 2 is 1.73 bits per heavy atom. The van der Waals surface area contributed by atoms with Gasteiger partial charge in [0.15, 0.2) is 0 Å². The maximum atomic E-state index is 5.53. The Bertz CT molecular complexity index is 437. The van der Waals surface area contributed by atoms with Crippen LogP contribution in [0.1, 0.15) is 0 Å². The van der Waals surface area contributed by atoms with Crippen LogP contribution in [0.5, 0.6) is 5.75 Å². The van der Waals surface area contributed by atoms with Gasteiger partial charge in [-0.15, -0.1) is 0 Å². The molecular weight excluding hydrogens is 188 g/mol. The normalized spacial score (nSPS) is 10.5. The molecule has 0 unspecified atom stereocenters. The molecule has 0 N–H and O–H groups in total. The van der Waals surface area contributed by atoms with Gasteiger partial charge in [0.2, 0.25) is 0 Å². The van der Waals surface area contributed by atoms with Crippen molar-refractivity contribution in [3.05, 3.63) is 42.5 Å². The first kappa shape index (κ1) is 9.99. The maximum Gasteiger partial charge on any atom is 0.120 e. The summed E-state index contributed by atoms with van der Waals surface area (Å²) in [4.78, 5) is 0. The van der Waals surface area contributed by atoms with E-state index in [0.29, 0.717) is 13.2 Å². The lowest BCUT2D eigenvalue weighted by Crippen LogP contribution is -2.03. The summed E-state index contributed by atoms with van der Waals surface area (Å²) < 4.78 is 10.5. The molecular formula is C13H14O2. The van der Waals surface area contributed by atoms with Gasteiger partial charge in [0.05, 0.1) is 6.61 Å². The molecule has 2 heteroatoms. The van der Waals surface area contributed by atoms with Crippen LogP contribution in [-0.4, -0.2) is 20.3 Å². The van der Waals surface area contributed by atoms with E-state index in [1.165, 1.54) is 10.8 Å². The van der Waals surface area contributed by atoms with Gasteiger partial charge in [0.25, 0.3) is 0 Å². The number of benzene rings is 2. The molecule has 2 aromatic carbocycles. The molecule has 2 rings (SSSR count). The number of rotatable bonds is 4. The van der Waals surface area contributed by atoms with Gasteiger partial charge >= 0.3 is 0 Å². The largest absolute Gasteiger partial charge is 0.491 e. The van der Waals surface area contributed by atoms with Crippen LogP contribution in [0.2, 0.25) is 0 Å². The molecule has 0 aliphatic heterocycles. The molecule has 0 radical (unpaired) electrons. The monoisotopic (exact) mass is 202 g/mol. The summed E-state index contributed by atoms with van der Waals surface area (Å²) in [6, 6.07) is 14.3. The fourth-order valence-corrected chi connectivity index (χ4v) is 1.50. The Morgan fingerprint density at radius 3 is 2.53 bits per heavy atom. The van der Waals surface area contributed by atoms with Crippen LogP contribution >= 0.6 is 0 Å². The van der Waals surface area contributed by atoms with Gasteiger partial charge in [-0.1, -0.05) is 30.3 Å². The van der Waals surface area contributed by atoms with Gasteiger partial charge < -0.3 is 9.47 Å². The zero-order chi connectivity index (χ0) is 10.5. The Morgan fingerprint density at radius 1 is 0.933 bits per heavy atom. The first-order valence-electron chi connectivity index (χ1n) is 5.01. The first-order chi connectivity index (χ1) is 7.40. The number of fused-ring (bicyclic) bond motifs is 1. The SMILES string of the molecule is COCCOc1ccc2ccccc2c1. The molecule has 0 spiro atoms. The molecule has 0 amide bonds. The summed E-state index contributed by atoms with van der Waals surface area (Å²) in [6.45, 7) is 1.21. The molecule has 78 valence electrons. The van der Waals surface area contributed by atoms with E-state index in [9.17, 15) is 0 Å². The van der Waals surface area contributed by atoms with E-state index < -0.39 is 0 Å². The quantitative estimate of drug-likeness (QED) is 0.710. The molecule has 0 atom stereocenters. The molecule has 0 aliphatic rings. The van der Waals surface area contributed by atoms with E-state index in [4.69, 9.17) is 9.47 Å². The van der Waals surface area contributed by atoms with Crippen LogP contribution in [0.25, 0.3) is 10.8 Å². The molecule has 0 saturated heterocycles. The average Bonchev–Trinajstić information content (AvgIpc) is 2.29. The van der Waals surface area contributed by atoms with Gasteiger partial charge in [-0.3, -0.25) is 0 Å². The van der Waals surface area contributed by atoms with Crippen molar-refractivity contribution in [2.24, 2.45) is 0 Å². The number of methoxy groups -OCH3 is 1. The Labute approximate surface area is 89.4 Å². The minimum absolute atomic E-state index is 0.592. The molecule has 0 aromatic heterocycles. The molecule has 0 fully saturated rings. The highest BCUT2D eigenvalue weighted by Crippen LogP contribution is 2.20. The minimum Gasteiger partial charge on any atom is -0.491 e. The van der Waals surface area contributed by atoms with E-state index in [2.05, 4.69) is 18.2 Å². The van der Waals surface area contributed by atoms with Crippen molar-refractivity contribution in [1.29, 1.82) is 0 Å². The van der Waals surface area contributed by atoms with Crippen LogP contribution in [0.3, 0.4) is 0 Å². The fourth-order valence-electron chi connectivity index (χ4n) is 1.50. The van der Waals surface area contributed by atoms with Gasteiger partial charge in [0, 0.05) is 7.11 Å². The van der Waals surface area contributed by atoms with Gasteiger partial charge in [-0.25, -0.2) is 0 Å². The van der Waals surface area contributed by atoms with E-state index in [1.807, 2.05) is 24.3 Å². The summed E-state index contributed by atoms with van der Waals surface area (Å²) in [5, 5.41) is 2.43. The zero-order valence-electron chi connectivity index (χ0n) is 8.77. The predicted octanol–water partition coefficient (Wildman–Crippen LogP) is 2.87. The van der Waals surface area contributed by atoms with E-state index in [-0.39, 0.29) is 0 Å². The number of hydrogen-bond acceptors (Lipinski definition) is 2. The van der Waals surface area contributed by atoms with Crippen LogP contribution in [0.15, 0.2) is 42.5 Å². The van der Waals surface area contributed by atoms with Crippen LogP contribution in [0.4, 0.5) is 0 Å². The third kappa shape index (κ3) is 2.48. The number of ether oxygens (including phenoxy) is 2. The Kier molecular flexibility index (Phi) is 3.20. The third-order valence-corrected chi connectivity index (χ3v) is 2.28. The second kappa shape index (κ2) is 4.80. The minimum atomic E-state index is 0.592. The summed E-state index contributed by atoms with van der Waals surface area (Å²) in [7, 11) is 1.67. The number of hydrogen-bond donors (Lipinski definition) is 0. The van der Waals surface area contributed by atoms with Crippen molar-refractivity contribution < 1.29 is 9.47 Å². The average molecular weight is 202 g/mol. The third-order valence-electron chi connectivity index (χ3n) is 2.28. The van der Waals surface area contributed by atoms with Crippen molar-refractivity contribution in [2.75, 3.05) is 20.3 Å². The molecule has 0 heterocycles. The molecule has 0 bridgehead atoms. The summed E-state index contributed by atoms with van der Waals surface area (Å²) >= 11 is 0. The second-order valence-electron chi connectivity index (χ2n) is 3.35. The van der Waals surface area contributed by atoms with Crippen LogP contribution in [-0.2, 0) is 4.74 Å². The van der Waals surface area contributed by atoms with Crippen LogP contribution < -0.4 is 4.74 Å². The second-order valence-corrected chi connectivity index (χ2v) is 3.35. The Hall–Kier alpha value is -1.54. The Balaban J connectivity index is 2.16. The van der Waals surface area contributed by atoms with Gasteiger partial charge in [-0.05, 0) is 22.9 Å². The zero-order valence-corrected chi connectivity index (χ0v) is 8.77. The smallest absolute Gasteiger partial charge is 0.120 e. The van der Waals surface area contributed by atoms with Crippen molar-refractivity contribution >= 4 is 10.8 Å². The van der Waals surface area contributed by atoms with Crippen LogP contribution in [0, 0.1) is 0 Å². The topological polar surface area (TPSA) is 18.5 Å². The standard InChI is InChI=1S/C13H14O2/c1-14-8-9-15-13-7-6-11-4-2-3-5-12(11)10-13/h2-7,10H,8-9H2,1H3. The van der Waals surface area contributed by atoms with E-state index in [0.717, 1.165) is 5.75 Å². The van der Waals surface area contributed by atoms with E-state index >= 15 is 0 Å². The fraction of sp³-hybridized carbons (Fsp3) is 0.231. The highest BCUT2D eigenvalue weighted by Gasteiger charge is 1.96. The van der Waals surface area contributed by atoms with Crippen molar-refractivity contribution in [3.8, 4) is 5.75 Å². The van der Waals surface area contributed by atoms with E-state index in [1.54, 1.807) is 7.11 Å². The summed E-state index contributed by atoms with van der Waals surface area (Å²) in [5.74, 6) is 0.894. The molecule has 0 aliphatic carbocycles. The maximum absolute atomic E-state index is 5.53. The highest BCUT2D eigenvalue weighted by molar-refractivity contribution is 5.83.